The lowest BCUT2D eigenvalue weighted by molar-refractivity contribution is -0.131. The van der Waals surface area contributed by atoms with Crippen molar-refractivity contribution in [3.8, 4) is 5.75 Å². The van der Waals surface area contributed by atoms with Crippen molar-refractivity contribution in [2.45, 2.75) is 13.0 Å². The molecular weight excluding hydrogens is 254 g/mol. The molecule has 1 heterocycles. The van der Waals surface area contributed by atoms with E-state index in [0.717, 1.165) is 18.7 Å². The average molecular weight is 270 g/mol. The molecule has 0 aromatic heterocycles. The summed E-state index contributed by atoms with van der Waals surface area (Å²) in [6.45, 7) is 0.227. The second-order valence-corrected chi connectivity index (χ2v) is 4.33. The summed E-state index contributed by atoms with van der Waals surface area (Å²) in [6.07, 6.45) is 0.287. The molecule has 0 radical (unpaired) electrons. The maximum Gasteiger partial charge on any atom is 0.387 e. The number of benzene rings is 1. The fraction of sp³-hybridized carbons (Fsp3) is 0.462. The van der Waals surface area contributed by atoms with Crippen LogP contribution in [0.15, 0.2) is 24.3 Å². The van der Waals surface area contributed by atoms with Crippen LogP contribution >= 0.6 is 0 Å². The number of nitrogens with one attached hydrogen (secondary N) is 1. The molecular formula is C13H16F2N2O2. The van der Waals surface area contributed by atoms with E-state index in [9.17, 15) is 13.6 Å². The number of alkyl halides is 2. The van der Waals surface area contributed by atoms with Crippen LogP contribution in [0.3, 0.4) is 0 Å². The molecule has 0 unspecified atom stereocenters. The van der Waals surface area contributed by atoms with Crippen molar-refractivity contribution in [1.82, 2.24) is 10.2 Å². The third kappa shape index (κ3) is 4.17. The van der Waals surface area contributed by atoms with Gasteiger partial charge >= 0.3 is 6.61 Å². The van der Waals surface area contributed by atoms with Gasteiger partial charge in [-0.2, -0.15) is 8.78 Å². The molecule has 0 bridgehead atoms. The fourth-order valence-corrected chi connectivity index (χ4v) is 1.99. The first-order chi connectivity index (χ1) is 9.15. The van der Waals surface area contributed by atoms with Crippen LogP contribution in [0, 0.1) is 0 Å². The minimum Gasteiger partial charge on any atom is -0.435 e. The second kappa shape index (κ2) is 6.47. The van der Waals surface area contributed by atoms with Crippen LogP contribution in [0.25, 0.3) is 0 Å². The van der Waals surface area contributed by atoms with Crippen molar-refractivity contribution < 1.29 is 18.3 Å². The van der Waals surface area contributed by atoms with Crippen LogP contribution in [0.2, 0.25) is 0 Å². The third-order valence-electron chi connectivity index (χ3n) is 2.97. The Morgan fingerprint density at radius 2 is 1.89 bits per heavy atom. The van der Waals surface area contributed by atoms with Crippen molar-refractivity contribution in [2.75, 3.05) is 26.2 Å². The van der Waals surface area contributed by atoms with Crippen LogP contribution in [0.1, 0.15) is 5.56 Å². The zero-order valence-electron chi connectivity index (χ0n) is 10.4. The molecule has 0 saturated carbocycles. The molecule has 6 heteroatoms. The van der Waals surface area contributed by atoms with Gasteiger partial charge in [-0.15, -0.1) is 0 Å². The van der Waals surface area contributed by atoms with Crippen molar-refractivity contribution in [3.63, 3.8) is 0 Å². The SMILES string of the molecule is O=C(Cc1ccc(OC(F)F)cc1)N1CCNCC1. The van der Waals surface area contributed by atoms with E-state index in [4.69, 9.17) is 0 Å². The highest BCUT2D eigenvalue weighted by Gasteiger charge is 2.16. The normalized spacial score (nSPS) is 15.6. The molecule has 19 heavy (non-hydrogen) atoms. The van der Waals surface area contributed by atoms with Gasteiger partial charge in [0.05, 0.1) is 6.42 Å². The molecule has 1 N–H and O–H groups in total. The molecule has 2 rings (SSSR count). The van der Waals surface area contributed by atoms with Gasteiger partial charge in [0.25, 0.3) is 0 Å². The van der Waals surface area contributed by atoms with Gasteiger partial charge in [-0.1, -0.05) is 12.1 Å². The van der Waals surface area contributed by atoms with E-state index in [-0.39, 0.29) is 18.1 Å². The molecule has 1 amide bonds. The Kier molecular flexibility index (Phi) is 4.68. The standard InChI is InChI=1S/C13H16F2N2O2/c14-13(15)19-11-3-1-10(2-4-11)9-12(18)17-7-5-16-6-8-17/h1-4,13,16H,5-9H2. The van der Waals surface area contributed by atoms with Gasteiger partial charge in [0.15, 0.2) is 0 Å². The van der Waals surface area contributed by atoms with Gasteiger partial charge < -0.3 is 15.0 Å². The van der Waals surface area contributed by atoms with E-state index in [2.05, 4.69) is 10.1 Å². The Bertz CT molecular complexity index is 417. The predicted octanol–water partition coefficient (Wildman–Crippen LogP) is 1.26. The molecule has 0 aliphatic carbocycles. The quantitative estimate of drug-likeness (QED) is 0.895. The molecule has 1 aromatic carbocycles. The number of hydrogen-bond donors (Lipinski definition) is 1. The van der Waals surface area contributed by atoms with E-state index in [0.29, 0.717) is 13.1 Å². The smallest absolute Gasteiger partial charge is 0.387 e. The maximum atomic E-state index is 12.0. The van der Waals surface area contributed by atoms with Gasteiger partial charge in [-0.3, -0.25) is 4.79 Å². The van der Waals surface area contributed by atoms with Crippen LogP contribution in [-0.4, -0.2) is 43.6 Å². The Morgan fingerprint density at radius 1 is 1.26 bits per heavy atom. The van der Waals surface area contributed by atoms with Gasteiger partial charge in [0, 0.05) is 26.2 Å². The minimum absolute atomic E-state index is 0.0593. The largest absolute Gasteiger partial charge is 0.435 e. The van der Waals surface area contributed by atoms with Crippen LogP contribution in [0.4, 0.5) is 8.78 Å². The summed E-state index contributed by atoms with van der Waals surface area (Å²) in [5, 5.41) is 3.18. The molecule has 1 aliphatic heterocycles. The molecule has 0 spiro atoms. The minimum atomic E-state index is -2.83. The number of nitrogens with zero attached hydrogens (tertiary/aromatic N) is 1. The van der Waals surface area contributed by atoms with E-state index in [1.165, 1.54) is 12.1 Å². The van der Waals surface area contributed by atoms with E-state index >= 15 is 0 Å². The van der Waals surface area contributed by atoms with Gasteiger partial charge in [0.1, 0.15) is 5.75 Å². The topological polar surface area (TPSA) is 41.6 Å². The maximum absolute atomic E-state index is 12.0. The third-order valence-corrected chi connectivity index (χ3v) is 2.97. The molecule has 0 atom stereocenters. The molecule has 1 aromatic rings. The summed E-state index contributed by atoms with van der Waals surface area (Å²) in [7, 11) is 0. The van der Waals surface area contributed by atoms with Gasteiger partial charge in [0.2, 0.25) is 5.91 Å². The van der Waals surface area contributed by atoms with Crippen LogP contribution in [-0.2, 0) is 11.2 Å². The first kappa shape index (κ1) is 13.7. The lowest BCUT2D eigenvalue weighted by Gasteiger charge is -2.27. The number of hydrogen-bond acceptors (Lipinski definition) is 3. The van der Waals surface area contributed by atoms with E-state index < -0.39 is 6.61 Å². The summed E-state index contributed by atoms with van der Waals surface area (Å²) >= 11 is 0. The zero-order chi connectivity index (χ0) is 13.7. The lowest BCUT2D eigenvalue weighted by atomic mass is 10.1. The van der Waals surface area contributed by atoms with Crippen molar-refractivity contribution in [3.05, 3.63) is 29.8 Å². The molecule has 4 nitrogen and oxygen atoms in total. The highest BCUT2D eigenvalue weighted by Crippen LogP contribution is 2.15. The summed E-state index contributed by atoms with van der Waals surface area (Å²) in [5.41, 5.74) is 0.796. The summed E-state index contributed by atoms with van der Waals surface area (Å²) < 4.78 is 28.2. The number of piperazine rings is 1. The summed E-state index contributed by atoms with van der Waals surface area (Å²) in [5.74, 6) is 0.164. The number of carbonyl (C=O) groups excluding carboxylic acids is 1. The summed E-state index contributed by atoms with van der Waals surface area (Å²) in [4.78, 5) is 13.8. The highest BCUT2D eigenvalue weighted by molar-refractivity contribution is 5.78. The number of rotatable bonds is 4. The number of ether oxygens (including phenoxy) is 1. The Labute approximate surface area is 110 Å². The molecule has 1 aliphatic rings. The first-order valence-corrected chi connectivity index (χ1v) is 6.17. The van der Waals surface area contributed by atoms with Crippen LogP contribution < -0.4 is 10.1 Å². The van der Waals surface area contributed by atoms with E-state index in [1.54, 1.807) is 17.0 Å². The fourth-order valence-electron chi connectivity index (χ4n) is 1.99. The monoisotopic (exact) mass is 270 g/mol. The summed E-state index contributed by atoms with van der Waals surface area (Å²) in [6, 6.07) is 6.18. The van der Waals surface area contributed by atoms with Crippen molar-refractivity contribution in [1.29, 1.82) is 0 Å². The average Bonchev–Trinajstić information content (AvgIpc) is 2.41. The Hall–Kier alpha value is -1.69. The first-order valence-electron chi connectivity index (χ1n) is 6.17. The number of halogens is 2. The van der Waals surface area contributed by atoms with Crippen molar-refractivity contribution >= 4 is 5.91 Å². The highest BCUT2D eigenvalue weighted by atomic mass is 19.3. The molecule has 1 saturated heterocycles. The van der Waals surface area contributed by atoms with Gasteiger partial charge in [-0.05, 0) is 17.7 Å². The molecule has 104 valence electrons. The number of carbonyl (C=O) groups is 1. The molecule has 1 fully saturated rings. The second-order valence-electron chi connectivity index (χ2n) is 4.33. The van der Waals surface area contributed by atoms with Crippen LogP contribution in [0.5, 0.6) is 5.75 Å². The van der Waals surface area contributed by atoms with E-state index in [1.807, 2.05) is 0 Å². The lowest BCUT2D eigenvalue weighted by Crippen LogP contribution is -2.46. The zero-order valence-corrected chi connectivity index (χ0v) is 10.4. The number of amides is 1. The Balaban J connectivity index is 1.89. The van der Waals surface area contributed by atoms with Gasteiger partial charge in [-0.25, -0.2) is 0 Å². The predicted molar refractivity (Wildman–Crippen MR) is 66.2 cm³/mol. The van der Waals surface area contributed by atoms with Crippen molar-refractivity contribution in [2.24, 2.45) is 0 Å². The Morgan fingerprint density at radius 3 is 2.47 bits per heavy atom.